The average Bonchev–Trinajstić information content (AvgIpc) is 2.61. The van der Waals surface area contributed by atoms with Crippen LogP contribution in [0, 0.1) is 13.8 Å². The average molecular weight is 218 g/mol. The normalized spacial score (nSPS) is 10.7. The number of carbonyl (C=O) groups is 1. The standard InChI is InChI=1S/C13H14O3/c1-4-15-13(14)11-7-16-12-9(3)5-8(2)6-10(11)12/h5-7H,4H2,1-3H3. The third-order valence-electron chi connectivity index (χ3n) is 2.50. The molecule has 0 bridgehead atoms. The third kappa shape index (κ3) is 1.69. The highest BCUT2D eigenvalue weighted by atomic mass is 16.5. The van der Waals surface area contributed by atoms with Gasteiger partial charge in [0.15, 0.2) is 0 Å². The maximum Gasteiger partial charge on any atom is 0.342 e. The first-order chi connectivity index (χ1) is 7.63. The van der Waals surface area contributed by atoms with Crippen LogP contribution in [0.3, 0.4) is 0 Å². The van der Waals surface area contributed by atoms with Gasteiger partial charge in [0.25, 0.3) is 0 Å². The lowest BCUT2D eigenvalue weighted by Gasteiger charge is -2.00. The summed E-state index contributed by atoms with van der Waals surface area (Å²) in [4.78, 5) is 11.7. The van der Waals surface area contributed by atoms with Gasteiger partial charge in [0.05, 0.1) is 6.61 Å². The second-order valence-corrected chi connectivity index (χ2v) is 3.83. The molecule has 0 atom stereocenters. The molecule has 1 aromatic carbocycles. The lowest BCUT2D eigenvalue weighted by Crippen LogP contribution is -2.03. The SMILES string of the molecule is CCOC(=O)c1coc2c(C)cc(C)cc12. The van der Waals surface area contributed by atoms with Crippen molar-refractivity contribution < 1.29 is 13.9 Å². The van der Waals surface area contributed by atoms with E-state index in [0.29, 0.717) is 12.2 Å². The van der Waals surface area contributed by atoms with Gasteiger partial charge in [-0.15, -0.1) is 0 Å². The zero-order valence-electron chi connectivity index (χ0n) is 9.66. The molecule has 0 unspecified atom stereocenters. The van der Waals surface area contributed by atoms with Crippen LogP contribution in [0.5, 0.6) is 0 Å². The molecule has 0 spiro atoms. The van der Waals surface area contributed by atoms with Crippen LogP contribution in [0.1, 0.15) is 28.4 Å². The van der Waals surface area contributed by atoms with E-state index >= 15 is 0 Å². The number of benzene rings is 1. The Bertz CT molecular complexity index is 537. The minimum Gasteiger partial charge on any atom is -0.463 e. The van der Waals surface area contributed by atoms with Crippen LogP contribution in [0.15, 0.2) is 22.8 Å². The highest BCUT2D eigenvalue weighted by Gasteiger charge is 2.15. The van der Waals surface area contributed by atoms with E-state index in [9.17, 15) is 4.79 Å². The van der Waals surface area contributed by atoms with Crippen molar-refractivity contribution in [2.24, 2.45) is 0 Å². The Labute approximate surface area is 94.0 Å². The number of ether oxygens (including phenoxy) is 1. The molecule has 1 aromatic heterocycles. The number of furan rings is 1. The van der Waals surface area contributed by atoms with Gasteiger partial charge < -0.3 is 9.15 Å². The Morgan fingerprint density at radius 1 is 1.38 bits per heavy atom. The van der Waals surface area contributed by atoms with Crippen molar-refractivity contribution in [1.82, 2.24) is 0 Å². The molecule has 1 heterocycles. The summed E-state index contributed by atoms with van der Waals surface area (Å²) in [5.41, 5.74) is 3.40. The maximum absolute atomic E-state index is 11.7. The summed E-state index contributed by atoms with van der Waals surface area (Å²) in [6.07, 6.45) is 1.47. The molecule has 0 radical (unpaired) electrons. The fraction of sp³-hybridized carbons (Fsp3) is 0.308. The van der Waals surface area contributed by atoms with Gasteiger partial charge in [-0.3, -0.25) is 0 Å². The van der Waals surface area contributed by atoms with Crippen LogP contribution in [0.25, 0.3) is 11.0 Å². The van der Waals surface area contributed by atoms with Gasteiger partial charge in [-0.2, -0.15) is 0 Å². The van der Waals surface area contributed by atoms with Crippen molar-refractivity contribution in [3.8, 4) is 0 Å². The lowest BCUT2D eigenvalue weighted by molar-refractivity contribution is 0.0527. The zero-order valence-corrected chi connectivity index (χ0v) is 9.66. The Hall–Kier alpha value is -1.77. The number of aryl methyl sites for hydroxylation is 2. The fourth-order valence-corrected chi connectivity index (χ4v) is 1.86. The summed E-state index contributed by atoms with van der Waals surface area (Å²) >= 11 is 0. The summed E-state index contributed by atoms with van der Waals surface area (Å²) in [5.74, 6) is -0.328. The highest BCUT2D eigenvalue weighted by molar-refractivity contribution is 6.04. The monoisotopic (exact) mass is 218 g/mol. The highest BCUT2D eigenvalue weighted by Crippen LogP contribution is 2.26. The molecule has 0 saturated carbocycles. The molecule has 0 fully saturated rings. The predicted octanol–water partition coefficient (Wildman–Crippen LogP) is 3.23. The molecule has 0 N–H and O–H groups in total. The molecule has 0 saturated heterocycles. The summed E-state index contributed by atoms with van der Waals surface area (Å²) in [6.45, 7) is 6.12. The molecule has 84 valence electrons. The minimum absolute atomic E-state index is 0.328. The second kappa shape index (κ2) is 4.00. The van der Waals surface area contributed by atoms with Crippen molar-refractivity contribution >= 4 is 16.9 Å². The van der Waals surface area contributed by atoms with Crippen molar-refractivity contribution in [2.75, 3.05) is 6.61 Å². The molecule has 0 aliphatic carbocycles. The molecule has 16 heavy (non-hydrogen) atoms. The van der Waals surface area contributed by atoms with Crippen LogP contribution in [-0.2, 0) is 4.74 Å². The molecule has 2 rings (SSSR count). The quantitative estimate of drug-likeness (QED) is 0.726. The van der Waals surface area contributed by atoms with E-state index in [1.54, 1.807) is 6.92 Å². The molecule has 3 nitrogen and oxygen atoms in total. The first kappa shape index (κ1) is 10.7. The molecule has 2 aromatic rings. The number of hydrogen-bond donors (Lipinski definition) is 0. The number of carbonyl (C=O) groups excluding carboxylic acids is 1. The maximum atomic E-state index is 11.7. The summed E-state index contributed by atoms with van der Waals surface area (Å²) in [5, 5.41) is 0.830. The van der Waals surface area contributed by atoms with Gasteiger partial charge in [0.1, 0.15) is 17.4 Å². The Balaban J connectivity index is 2.60. The van der Waals surface area contributed by atoms with Crippen molar-refractivity contribution in [1.29, 1.82) is 0 Å². The molecule has 0 aliphatic heterocycles. The predicted molar refractivity (Wildman–Crippen MR) is 61.6 cm³/mol. The van der Waals surface area contributed by atoms with E-state index < -0.39 is 0 Å². The van der Waals surface area contributed by atoms with E-state index in [2.05, 4.69) is 0 Å². The smallest absolute Gasteiger partial charge is 0.342 e. The third-order valence-corrected chi connectivity index (χ3v) is 2.50. The van der Waals surface area contributed by atoms with E-state index in [0.717, 1.165) is 22.1 Å². The Morgan fingerprint density at radius 2 is 2.12 bits per heavy atom. The first-order valence-corrected chi connectivity index (χ1v) is 5.29. The van der Waals surface area contributed by atoms with Crippen molar-refractivity contribution in [3.05, 3.63) is 35.1 Å². The van der Waals surface area contributed by atoms with Crippen molar-refractivity contribution in [3.63, 3.8) is 0 Å². The van der Waals surface area contributed by atoms with E-state index in [1.807, 2.05) is 26.0 Å². The minimum atomic E-state index is -0.328. The number of esters is 1. The van der Waals surface area contributed by atoms with Gasteiger partial charge >= 0.3 is 5.97 Å². The fourth-order valence-electron chi connectivity index (χ4n) is 1.86. The van der Waals surface area contributed by atoms with Crippen LogP contribution >= 0.6 is 0 Å². The number of hydrogen-bond acceptors (Lipinski definition) is 3. The molecule has 0 amide bonds. The number of rotatable bonds is 2. The molecule has 3 heteroatoms. The topological polar surface area (TPSA) is 39.4 Å². The van der Waals surface area contributed by atoms with E-state index in [-0.39, 0.29) is 5.97 Å². The van der Waals surface area contributed by atoms with Gasteiger partial charge in [-0.1, -0.05) is 6.07 Å². The first-order valence-electron chi connectivity index (χ1n) is 5.29. The largest absolute Gasteiger partial charge is 0.463 e. The van der Waals surface area contributed by atoms with Crippen molar-refractivity contribution in [2.45, 2.75) is 20.8 Å². The van der Waals surface area contributed by atoms with Gasteiger partial charge in [-0.25, -0.2) is 4.79 Å². The van der Waals surface area contributed by atoms with Crippen LogP contribution in [-0.4, -0.2) is 12.6 Å². The molecular weight excluding hydrogens is 204 g/mol. The summed E-state index contributed by atoms with van der Waals surface area (Å²) in [6, 6.07) is 3.97. The van der Waals surface area contributed by atoms with E-state index in [1.165, 1.54) is 6.26 Å². The Kier molecular flexibility index (Phi) is 2.69. The lowest BCUT2D eigenvalue weighted by atomic mass is 10.1. The van der Waals surface area contributed by atoms with Gasteiger partial charge in [0, 0.05) is 5.39 Å². The summed E-state index contributed by atoms with van der Waals surface area (Å²) in [7, 11) is 0. The van der Waals surface area contributed by atoms with Crippen LogP contribution in [0.4, 0.5) is 0 Å². The Morgan fingerprint density at radius 3 is 2.81 bits per heavy atom. The zero-order chi connectivity index (χ0) is 11.7. The van der Waals surface area contributed by atoms with Gasteiger partial charge in [0.2, 0.25) is 0 Å². The van der Waals surface area contributed by atoms with Crippen LogP contribution in [0.2, 0.25) is 0 Å². The molecular formula is C13H14O3. The van der Waals surface area contributed by atoms with E-state index in [4.69, 9.17) is 9.15 Å². The number of fused-ring (bicyclic) bond motifs is 1. The van der Waals surface area contributed by atoms with Gasteiger partial charge in [-0.05, 0) is 38.0 Å². The van der Waals surface area contributed by atoms with Crippen LogP contribution < -0.4 is 0 Å². The summed E-state index contributed by atoms with van der Waals surface area (Å²) < 4.78 is 10.4. The second-order valence-electron chi connectivity index (χ2n) is 3.83. The molecule has 0 aliphatic rings.